The van der Waals surface area contributed by atoms with Crippen LogP contribution >= 0.6 is 0 Å². The van der Waals surface area contributed by atoms with Crippen LogP contribution in [0.2, 0.25) is 0 Å². The Morgan fingerprint density at radius 1 is 1.88 bits per heavy atom. The van der Waals surface area contributed by atoms with Crippen molar-refractivity contribution < 1.29 is 4.79 Å². The molecule has 1 atom stereocenters. The quantitative estimate of drug-likeness (QED) is 0.536. The lowest BCUT2D eigenvalue weighted by Crippen LogP contribution is -2.23. The zero-order valence-electron chi connectivity index (χ0n) is 5.18. The zero-order chi connectivity index (χ0) is 6.41. The van der Waals surface area contributed by atoms with E-state index in [1.165, 1.54) is 0 Å². The van der Waals surface area contributed by atoms with Gasteiger partial charge in [0.05, 0.1) is 0 Å². The summed E-state index contributed by atoms with van der Waals surface area (Å²) in [6.45, 7) is 5.74. The molecule has 0 aliphatic heterocycles. The van der Waals surface area contributed by atoms with Crippen LogP contribution in [-0.4, -0.2) is 12.5 Å². The van der Waals surface area contributed by atoms with Gasteiger partial charge in [-0.15, -0.1) is 0 Å². The third kappa shape index (κ3) is 3.65. The van der Waals surface area contributed by atoms with Crippen molar-refractivity contribution in [3.8, 4) is 0 Å². The van der Waals surface area contributed by atoms with Crippen LogP contribution in [0.1, 0.15) is 19.8 Å². The van der Waals surface area contributed by atoms with Crippen molar-refractivity contribution in [1.29, 1.82) is 0 Å². The van der Waals surface area contributed by atoms with E-state index < -0.39 is 0 Å². The van der Waals surface area contributed by atoms with Crippen LogP contribution in [0.4, 0.5) is 0 Å². The number of carbonyl (C=O) groups excluding carboxylic acids is 1. The number of carbonyl (C=O) groups is 1. The standard InChI is InChI=1S/C6H12NO/c1-3-4-6(2)7-5-8/h5-6H,2-4H2,1H3,(H,7,8). The molecule has 2 heteroatoms. The van der Waals surface area contributed by atoms with Gasteiger partial charge >= 0.3 is 0 Å². The van der Waals surface area contributed by atoms with Crippen LogP contribution in [-0.2, 0) is 4.79 Å². The van der Waals surface area contributed by atoms with Crippen molar-refractivity contribution in [3.05, 3.63) is 6.92 Å². The van der Waals surface area contributed by atoms with Gasteiger partial charge in [0.15, 0.2) is 0 Å². The Hall–Kier alpha value is -0.530. The molecular weight excluding hydrogens is 102 g/mol. The molecule has 8 heavy (non-hydrogen) atoms. The molecular formula is C6H12NO. The summed E-state index contributed by atoms with van der Waals surface area (Å²) in [5.41, 5.74) is 0. The van der Waals surface area contributed by atoms with Crippen LogP contribution in [0.15, 0.2) is 0 Å². The highest BCUT2D eigenvalue weighted by Gasteiger charge is 1.93. The first kappa shape index (κ1) is 7.47. The van der Waals surface area contributed by atoms with Crippen molar-refractivity contribution in [2.24, 2.45) is 0 Å². The van der Waals surface area contributed by atoms with Gasteiger partial charge < -0.3 is 5.32 Å². The van der Waals surface area contributed by atoms with Crippen molar-refractivity contribution in [2.45, 2.75) is 25.8 Å². The third-order valence-corrected chi connectivity index (χ3v) is 0.941. The third-order valence-electron chi connectivity index (χ3n) is 0.941. The molecule has 0 aromatic rings. The van der Waals surface area contributed by atoms with Gasteiger partial charge in [-0.25, -0.2) is 0 Å². The van der Waals surface area contributed by atoms with Gasteiger partial charge in [-0.1, -0.05) is 13.3 Å². The molecule has 0 fully saturated rings. The van der Waals surface area contributed by atoms with Crippen LogP contribution < -0.4 is 5.32 Å². The first-order valence-corrected chi connectivity index (χ1v) is 2.84. The number of rotatable bonds is 4. The van der Waals surface area contributed by atoms with Crippen LogP contribution in [0, 0.1) is 6.92 Å². The summed E-state index contributed by atoms with van der Waals surface area (Å²) in [4.78, 5) is 9.74. The molecule has 2 nitrogen and oxygen atoms in total. The van der Waals surface area contributed by atoms with Gasteiger partial charge in [-0.2, -0.15) is 0 Å². The normalized spacial score (nSPS) is 12.8. The molecule has 47 valence electrons. The van der Waals surface area contributed by atoms with Crippen molar-refractivity contribution in [2.75, 3.05) is 0 Å². The molecule has 0 aromatic carbocycles. The Balaban J connectivity index is 3.03. The zero-order valence-corrected chi connectivity index (χ0v) is 5.18. The first-order chi connectivity index (χ1) is 3.81. The molecule has 1 unspecified atom stereocenters. The molecule has 0 aliphatic carbocycles. The molecule has 1 radical (unpaired) electrons. The molecule has 0 spiro atoms. The molecule has 0 heterocycles. The van der Waals surface area contributed by atoms with E-state index in [0.29, 0.717) is 6.41 Å². The summed E-state index contributed by atoms with van der Waals surface area (Å²) in [7, 11) is 0. The smallest absolute Gasteiger partial charge is 0.207 e. The fourth-order valence-corrected chi connectivity index (χ4v) is 0.528. The highest BCUT2D eigenvalue weighted by Crippen LogP contribution is 1.91. The highest BCUT2D eigenvalue weighted by atomic mass is 16.1. The van der Waals surface area contributed by atoms with E-state index in [4.69, 9.17) is 0 Å². The van der Waals surface area contributed by atoms with E-state index in [-0.39, 0.29) is 6.04 Å². The second-order valence-electron chi connectivity index (χ2n) is 1.77. The predicted octanol–water partition coefficient (Wildman–Crippen LogP) is 0.735. The Morgan fingerprint density at radius 2 is 2.50 bits per heavy atom. The van der Waals surface area contributed by atoms with Crippen LogP contribution in [0.3, 0.4) is 0 Å². The van der Waals surface area contributed by atoms with Crippen molar-refractivity contribution >= 4 is 6.41 Å². The minimum atomic E-state index is 0.0949. The summed E-state index contributed by atoms with van der Waals surface area (Å²) in [5, 5.41) is 2.55. The summed E-state index contributed by atoms with van der Waals surface area (Å²) in [6.07, 6.45) is 2.71. The van der Waals surface area contributed by atoms with Gasteiger partial charge in [-0.3, -0.25) is 4.79 Å². The molecule has 0 saturated heterocycles. The summed E-state index contributed by atoms with van der Waals surface area (Å²) in [6, 6.07) is 0.0949. The highest BCUT2D eigenvalue weighted by molar-refractivity contribution is 5.46. The van der Waals surface area contributed by atoms with E-state index in [0.717, 1.165) is 12.8 Å². The van der Waals surface area contributed by atoms with Gasteiger partial charge in [-0.05, 0) is 13.3 Å². The van der Waals surface area contributed by atoms with Gasteiger partial charge in [0.2, 0.25) is 6.41 Å². The second kappa shape index (κ2) is 4.62. The van der Waals surface area contributed by atoms with E-state index >= 15 is 0 Å². The second-order valence-corrected chi connectivity index (χ2v) is 1.77. The fourth-order valence-electron chi connectivity index (χ4n) is 0.528. The van der Waals surface area contributed by atoms with Gasteiger partial charge in [0.25, 0.3) is 0 Å². The maximum absolute atomic E-state index is 9.74. The lowest BCUT2D eigenvalue weighted by Gasteiger charge is -2.05. The summed E-state index contributed by atoms with van der Waals surface area (Å²) in [5.74, 6) is 0. The topological polar surface area (TPSA) is 29.1 Å². The van der Waals surface area contributed by atoms with Crippen molar-refractivity contribution in [3.63, 3.8) is 0 Å². The van der Waals surface area contributed by atoms with Gasteiger partial charge in [0, 0.05) is 6.04 Å². The average molecular weight is 114 g/mol. The average Bonchev–Trinajstić information content (AvgIpc) is 1.68. The predicted molar refractivity (Wildman–Crippen MR) is 33.3 cm³/mol. The maximum Gasteiger partial charge on any atom is 0.207 e. The van der Waals surface area contributed by atoms with Gasteiger partial charge in [0.1, 0.15) is 0 Å². The Kier molecular flexibility index (Phi) is 4.32. The van der Waals surface area contributed by atoms with E-state index in [9.17, 15) is 4.79 Å². The van der Waals surface area contributed by atoms with Crippen LogP contribution in [0.5, 0.6) is 0 Å². The molecule has 0 aliphatic rings. The summed E-state index contributed by atoms with van der Waals surface area (Å²) >= 11 is 0. The van der Waals surface area contributed by atoms with E-state index in [2.05, 4.69) is 19.2 Å². The number of amides is 1. The number of hydrogen-bond donors (Lipinski definition) is 1. The molecule has 0 bridgehead atoms. The fraction of sp³-hybridized carbons (Fsp3) is 0.667. The lowest BCUT2D eigenvalue weighted by atomic mass is 10.2. The molecule has 1 N–H and O–H groups in total. The van der Waals surface area contributed by atoms with E-state index in [1.54, 1.807) is 0 Å². The lowest BCUT2D eigenvalue weighted by molar-refractivity contribution is -0.109. The Bertz CT molecular complexity index is 63.5. The van der Waals surface area contributed by atoms with Crippen LogP contribution in [0.25, 0.3) is 0 Å². The van der Waals surface area contributed by atoms with Crippen molar-refractivity contribution in [1.82, 2.24) is 5.32 Å². The SMILES string of the molecule is [CH2]C(CCC)NC=O. The Labute approximate surface area is 50.3 Å². The largest absolute Gasteiger partial charge is 0.356 e. The minimum absolute atomic E-state index is 0.0949. The minimum Gasteiger partial charge on any atom is -0.356 e. The molecule has 1 amide bonds. The monoisotopic (exact) mass is 114 g/mol. The first-order valence-electron chi connectivity index (χ1n) is 2.84. The molecule has 0 aromatic heterocycles. The Morgan fingerprint density at radius 3 is 2.88 bits per heavy atom. The number of hydrogen-bond acceptors (Lipinski definition) is 1. The summed E-state index contributed by atoms with van der Waals surface area (Å²) < 4.78 is 0. The maximum atomic E-state index is 9.74. The molecule has 0 saturated carbocycles. The molecule has 0 rings (SSSR count). The van der Waals surface area contributed by atoms with E-state index in [1.807, 2.05) is 0 Å². The number of nitrogens with one attached hydrogen (secondary N) is 1.